The Balaban J connectivity index is 1.92. The van der Waals surface area contributed by atoms with Crippen molar-refractivity contribution in [3.63, 3.8) is 0 Å². The largest absolute Gasteiger partial charge is 0.434 e. The van der Waals surface area contributed by atoms with Gasteiger partial charge in [0, 0.05) is 11.6 Å². The molecule has 0 saturated carbocycles. The zero-order valence-electron chi connectivity index (χ0n) is 11.9. The van der Waals surface area contributed by atoms with Crippen LogP contribution in [0.5, 0.6) is 5.75 Å². The van der Waals surface area contributed by atoms with Crippen LogP contribution in [-0.2, 0) is 6.42 Å². The average molecular weight is 291 g/mol. The Bertz CT molecular complexity index is 545. The molecule has 1 atom stereocenters. The minimum Gasteiger partial charge on any atom is -0.434 e. The van der Waals surface area contributed by atoms with Gasteiger partial charge in [0.05, 0.1) is 0 Å². The van der Waals surface area contributed by atoms with Crippen LogP contribution in [0.4, 0.5) is 8.78 Å². The molecule has 0 bridgehead atoms. The molecule has 2 aromatic carbocycles. The first kappa shape index (κ1) is 15.4. The van der Waals surface area contributed by atoms with Gasteiger partial charge in [0.1, 0.15) is 5.75 Å². The van der Waals surface area contributed by atoms with Gasteiger partial charge in [-0.05, 0) is 31.5 Å². The van der Waals surface area contributed by atoms with Crippen molar-refractivity contribution < 1.29 is 13.5 Å². The van der Waals surface area contributed by atoms with Crippen molar-refractivity contribution in [3.8, 4) is 5.75 Å². The summed E-state index contributed by atoms with van der Waals surface area (Å²) in [6.45, 7) is -0.0880. The predicted molar refractivity (Wildman–Crippen MR) is 79.6 cm³/mol. The molecule has 0 fully saturated rings. The summed E-state index contributed by atoms with van der Waals surface area (Å²) in [7, 11) is 0. The monoisotopic (exact) mass is 291 g/mol. The fourth-order valence-corrected chi connectivity index (χ4v) is 2.23. The van der Waals surface area contributed by atoms with Crippen molar-refractivity contribution >= 4 is 0 Å². The topological polar surface area (TPSA) is 21.3 Å². The van der Waals surface area contributed by atoms with E-state index in [2.05, 4.69) is 22.2 Å². The molecule has 0 spiro atoms. The van der Waals surface area contributed by atoms with Crippen LogP contribution in [0, 0.1) is 0 Å². The summed E-state index contributed by atoms with van der Waals surface area (Å²) < 4.78 is 29.3. The van der Waals surface area contributed by atoms with Gasteiger partial charge in [0.25, 0.3) is 0 Å². The molecule has 1 unspecified atom stereocenters. The Labute approximate surface area is 123 Å². The van der Waals surface area contributed by atoms with E-state index in [-0.39, 0.29) is 11.8 Å². The van der Waals surface area contributed by atoms with Crippen LogP contribution >= 0.6 is 0 Å². The van der Waals surface area contributed by atoms with E-state index >= 15 is 0 Å². The van der Waals surface area contributed by atoms with Crippen LogP contribution in [-0.4, -0.2) is 13.2 Å². The minimum atomic E-state index is -2.80. The first-order valence-corrected chi connectivity index (χ1v) is 6.98. The average Bonchev–Trinajstić information content (AvgIpc) is 2.48. The van der Waals surface area contributed by atoms with Crippen LogP contribution in [0.1, 0.15) is 24.1 Å². The number of ether oxygens (including phenoxy) is 1. The number of hydrogen-bond donors (Lipinski definition) is 1. The first-order chi connectivity index (χ1) is 10.2. The number of halogens is 2. The van der Waals surface area contributed by atoms with Gasteiger partial charge in [-0.15, -0.1) is 0 Å². The van der Waals surface area contributed by atoms with Crippen molar-refractivity contribution in [3.05, 3.63) is 65.7 Å². The molecule has 0 aliphatic heterocycles. The summed E-state index contributed by atoms with van der Waals surface area (Å²) in [5.74, 6) is 0.229. The van der Waals surface area contributed by atoms with Crippen molar-refractivity contribution in [1.29, 1.82) is 0 Å². The Morgan fingerprint density at radius 3 is 2.38 bits per heavy atom. The van der Waals surface area contributed by atoms with Crippen molar-refractivity contribution in [2.75, 3.05) is 6.54 Å². The molecule has 0 aliphatic carbocycles. The van der Waals surface area contributed by atoms with Gasteiger partial charge in [-0.25, -0.2) is 0 Å². The van der Waals surface area contributed by atoms with E-state index in [9.17, 15) is 8.78 Å². The second-order valence-corrected chi connectivity index (χ2v) is 4.83. The Morgan fingerprint density at radius 2 is 1.67 bits per heavy atom. The smallest absolute Gasteiger partial charge is 0.387 e. The minimum absolute atomic E-state index is 0.0522. The van der Waals surface area contributed by atoms with Gasteiger partial charge in [-0.1, -0.05) is 48.5 Å². The third kappa shape index (κ3) is 4.83. The third-order valence-electron chi connectivity index (χ3n) is 3.31. The standard InChI is InChI=1S/C17H19F2NO/c1-13(20-12-11-14-7-3-2-4-8-14)15-9-5-6-10-16(15)21-17(18)19/h2-10,13,17,20H,11-12H2,1H3. The van der Waals surface area contributed by atoms with E-state index in [4.69, 9.17) is 0 Å². The summed E-state index contributed by atoms with van der Waals surface area (Å²) in [6, 6.07) is 17.0. The number of para-hydroxylation sites is 1. The van der Waals surface area contributed by atoms with Gasteiger partial charge in [0.15, 0.2) is 0 Å². The molecule has 0 aromatic heterocycles. The molecule has 2 aromatic rings. The van der Waals surface area contributed by atoms with Crippen LogP contribution < -0.4 is 10.1 Å². The lowest BCUT2D eigenvalue weighted by Gasteiger charge is -2.18. The Kier molecular flexibility index (Phi) is 5.69. The van der Waals surface area contributed by atoms with Gasteiger partial charge < -0.3 is 10.1 Å². The molecule has 1 N–H and O–H groups in total. The van der Waals surface area contributed by atoms with E-state index in [1.54, 1.807) is 18.2 Å². The number of nitrogens with one attached hydrogen (secondary N) is 1. The van der Waals surface area contributed by atoms with Gasteiger partial charge >= 0.3 is 6.61 Å². The van der Waals surface area contributed by atoms with E-state index < -0.39 is 6.61 Å². The Morgan fingerprint density at radius 1 is 1.00 bits per heavy atom. The van der Waals surface area contributed by atoms with Gasteiger partial charge in [-0.2, -0.15) is 8.78 Å². The summed E-state index contributed by atoms with van der Waals surface area (Å²) in [5.41, 5.74) is 1.99. The summed E-state index contributed by atoms with van der Waals surface area (Å²) >= 11 is 0. The van der Waals surface area contributed by atoms with E-state index in [0.717, 1.165) is 18.5 Å². The Hall–Kier alpha value is -1.94. The van der Waals surface area contributed by atoms with Gasteiger partial charge in [0.2, 0.25) is 0 Å². The third-order valence-corrected chi connectivity index (χ3v) is 3.31. The highest BCUT2D eigenvalue weighted by molar-refractivity contribution is 5.35. The fourth-order valence-electron chi connectivity index (χ4n) is 2.23. The molecular formula is C17H19F2NO. The highest BCUT2D eigenvalue weighted by atomic mass is 19.3. The molecule has 0 aliphatic rings. The zero-order valence-corrected chi connectivity index (χ0v) is 11.9. The molecule has 4 heteroatoms. The second-order valence-electron chi connectivity index (χ2n) is 4.83. The maximum absolute atomic E-state index is 12.4. The number of benzene rings is 2. The summed E-state index contributed by atoms with van der Waals surface area (Å²) in [6.07, 6.45) is 0.892. The molecule has 2 rings (SSSR count). The molecule has 2 nitrogen and oxygen atoms in total. The summed E-state index contributed by atoms with van der Waals surface area (Å²) in [4.78, 5) is 0. The van der Waals surface area contributed by atoms with Crippen LogP contribution in [0.3, 0.4) is 0 Å². The number of hydrogen-bond acceptors (Lipinski definition) is 2. The molecular weight excluding hydrogens is 272 g/mol. The highest BCUT2D eigenvalue weighted by Crippen LogP contribution is 2.26. The predicted octanol–water partition coefficient (Wildman–Crippen LogP) is 4.18. The lowest BCUT2D eigenvalue weighted by molar-refractivity contribution is -0.0506. The zero-order chi connectivity index (χ0) is 15.1. The van der Waals surface area contributed by atoms with E-state index in [1.807, 2.05) is 31.2 Å². The SMILES string of the molecule is CC(NCCc1ccccc1)c1ccccc1OC(F)F. The van der Waals surface area contributed by atoms with E-state index in [0.29, 0.717) is 0 Å². The van der Waals surface area contributed by atoms with Crippen LogP contribution in [0.15, 0.2) is 54.6 Å². The van der Waals surface area contributed by atoms with Crippen LogP contribution in [0.25, 0.3) is 0 Å². The lowest BCUT2D eigenvalue weighted by atomic mass is 10.1. The number of rotatable bonds is 7. The molecule has 112 valence electrons. The molecule has 0 heterocycles. The maximum Gasteiger partial charge on any atom is 0.387 e. The molecule has 0 saturated heterocycles. The van der Waals surface area contributed by atoms with Crippen LogP contribution in [0.2, 0.25) is 0 Å². The molecule has 21 heavy (non-hydrogen) atoms. The first-order valence-electron chi connectivity index (χ1n) is 6.98. The quantitative estimate of drug-likeness (QED) is 0.826. The highest BCUT2D eigenvalue weighted by Gasteiger charge is 2.13. The second kappa shape index (κ2) is 7.74. The lowest BCUT2D eigenvalue weighted by Crippen LogP contribution is -2.22. The van der Waals surface area contributed by atoms with E-state index in [1.165, 1.54) is 5.56 Å². The molecule has 0 radical (unpaired) electrons. The van der Waals surface area contributed by atoms with Crippen molar-refractivity contribution in [2.24, 2.45) is 0 Å². The van der Waals surface area contributed by atoms with Gasteiger partial charge in [-0.3, -0.25) is 0 Å². The maximum atomic E-state index is 12.4. The fraction of sp³-hybridized carbons (Fsp3) is 0.294. The molecule has 0 amide bonds. The normalized spacial score (nSPS) is 12.4. The summed E-state index contributed by atoms with van der Waals surface area (Å²) in [5, 5.41) is 3.34. The number of alkyl halides is 2. The van der Waals surface area contributed by atoms with Crippen molar-refractivity contribution in [1.82, 2.24) is 5.32 Å². The van der Waals surface area contributed by atoms with Crippen molar-refractivity contribution in [2.45, 2.75) is 26.0 Å².